The molecular weight excluding hydrogens is 265 g/mol. The number of benzene rings is 1. The minimum atomic E-state index is -0.209. The third-order valence-electron chi connectivity index (χ3n) is 3.76. The highest BCUT2D eigenvalue weighted by Crippen LogP contribution is 2.21. The Morgan fingerprint density at radius 3 is 2.57 bits per heavy atom. The molecule has 0 fully saturated rings. The lowest BCUT2D eigenvalue weighted by molar-refractivity contribution is 0.589. The van der Waals surface area contributed by atoms with Crippen molar-refractivity contribution in [3.05, 3.63) is 46.5 Å². The van der Waals surface area contributed by atoms with E-state index < -0.39 is 0 Å². The van der Waals surface area contributed by atoms with Crippen LogP contribution in [0.3, 0.4) is 0 Å². The number of hydrogen-bond acceptors (Lipinski definition) is 2. The van der Waals surface area contributed by atoms with E-state index in [1.165, 1.54) is 11.6 Å². The van der Waals surface area contributed by atoms with E-state index in [-0.39, 0.29) is 5.82 Å². The molecule has 0 radical (unpaired) electrons. The van der Waals surface area contributed by atoms with Crippen LogP contribution in [-0.4, -0.2) is 22.4 Å². The molecule has 0 saturated carbocycles. The van der Waals surface area contributed by atoms with E-state index in [0.717, 1.165) is 35.6 Å². The van der Waals surface area contributed by atoms with E-state index in [0.29, 0.717) is 6.04 Å². The molecule has 0 bridgehead atoms. The molecule has 4 heteroatoms. The molecule has 114 valence electrons. The second kappa shape index (κ2) is 6.39. The largest absolute Gasteiger partial charge is 0.314 e. The van der Waals surface area contributed by atoms with Crippen molar-refractivity contribution in [3.63, 3.8) is 0 Å². The number of halogens is 1. The van der Waals surface area contributed by atoms with Crippen molar-refractivity contribution < 1.29 is 4.39 Å². The van der Waals surface area contributed by atoms with E-state index in [1.54, 1.807) is 12.1 Å². The Balaban J connectivity index is 2.30. The molecule has 3 nitrogen and oxygen atoms in total. The van der Waals surface area contributed by atoms with Gasteiger partial charge in [-0.05, 0) is 63.1 Å². The third-order valence-corrected chi connectivity index (χ3v) is 3.76. The average Bonchev–Trinajstić information content (AvgIpc) is 2.66. The molecule has 1 aromatic heterocycles. The van der Waals surface area contributed by atoms with Gasteiger partial charge in [0, 0.05) is 11.7 Å². The van der Waals surface area contributed by atoms with Crippen LogP contribution < -0.4 is 5.32 Å². The Bertz CT molecular complexity index is 629. The lowest BCUT2D eigenvalue weighted by Crippen LogP contribution is -2.25. The van der Waals surface area contributed by atoms with Crippen molar-refractivity contribution in [1.29, 1.82) is 0 Å². The fraction of sp³-hybridized carbons (Fsp3) is 0.471. The Kier molecular flexibility index (Phi) is 4.78. The minimum absolute atomic E-state index is 0.209. The minimum Gasteiger partial charge on any atom is -0.314 e. The van der Waals surface area contributed by atoms with Crippen molar-refractivity contribution in [3.8, 4) is 5.69 Å². The summed E-state index contributed by atoms with van der Waals surface area (Å²) in [6.07, 6.45) is 0.954. The molecule has 0 aliphatic rings. The van der Waals surface area contributed by atoms with Crippen LogP contribution in [-0.2, 0) is 6.42 Å². The SMILES string of the molecule is Cc1cc(F)ccc1-n1nc(C)c(CCNC(C)C)c1C. The highest BCUT2D eigenvalue weighted by Gasteiger charge is 2.14. The van der Waals surface area contributed by atoms with Gasteiger partial charge in [0.1, 0.15) is 5.82 Å². The van der Waals surface area contributed by atoms with Crippen molar-refractivity contribution in [2.75, 3.05) is 6.54 Å². The van der Waals surface area contributed by atoms with E-state index in [1.807, 2.05) is 18.5 Å². The van der Waals surface area contributed by atoms with Crippen LogP contribution in [0, 0.1) is 26.6 Å². The quantitative estimate of drug-likeness (QED) is 0.913. The molecule has 0 aliphatic heterocycles. The van der Waals surface area contributed by atoms with E-state index in [2.05, 4.69) is 31.2 Å². The summed E-state index contributed by atoms with van der Waals surface area (Å²) in [6, 6.07) is 5.31. The topological polar surface area (TPSA) is 29.9 Å². The lowest BCUT2D eigenvalue weighted by atomic mass is 10.1. The molecule has 21 heavy (non-hydrogen) atoms. The Hall–Kier alpha value is -1.68. The van der Waals surface area contributed by atoms with Gasteiger partial charge in [-0.25, -0.2) is 9.07 Å². The fourth-order valence-electron chi connectivity index (χ4n) is 2.61. The molecule has 1 aromatic carbocycles. The normalized spacial score (nSPS) is 11.4. The van der Waals surface area contributed by atoms with Crippen LogP contribution in [0.4, 0.5) is 4.39 Å². The summed E-state index contributed by atoms with van der Waals surface area (Å²) in [5.74, 6) is -0.209. The van der Waals surface area contributed by atoms with E-state index >= 15 is 0 Å². The van der Waals surface area contributed by atoms with Crippen molar-refractivity contribution in [2.24, 2.45) is 0 Å². The van der Waals surface area contributed by atoms with Gasteiger partial charge in [-0.3, -0.25) is 0 Å². The standard InChI is InChI=1S/C17H24FN3/c1-11(2)19-9-8-16-13(4)20-21(14(16)5)17-7-6-15(18)10-12(17)3/h6-7,10-11,19H,8-9H2,1-5H3. The monoisotopic (exact) mass is 289 g/mol. The number of aryl methyl sites for hydroxylation is 2. The second-order valence-corrected chi connectivity index (χ2v) is 5.85. The van der Waals surface area contributed by atoms with Crippen LogP contribution in [0.25, 0.3) is 5.69 Å². The molecule has 0 amide bonds. The Morgan fingerprint density at radius 2 is 1.95 bits per heavy atom. The highest BCUT2D eigenvalue weighted by molar-refractivity contribution is 5.43. The van der Waals surface area contributed by atoms with Gasteiger partial charge >= 0.3 is 0 Å². The molecule has 0 aliphatic carbocycles. The third kappa shape index (κ3) is 3.50. The smallest absolute Gasteiger partial charge is 0.123 e. The molecular formula is C17H24FN3. The maximum atomic E-state index is 13.3. The first kappa shape index (κ1) is 15.7. The number of rotatable bonds is 5. The number of nitrogens with zero attached hydrogens (tertiary/aromatic N) is 2. The van der Waals surface area contributed by atoms with Crippen LogP contribution in [0.1, 0.15) is 36.4 Å². The van der Waals surface area contributed by atoms with E-state index in [4.69, 9.17) is 0 Å². The molecule has 1 N–H and O–H groups in total. The zero-order valence-electron chi connectivity index (χ0n) is 13.5. The second-order valence-electron chi connectivity index (χ2n) is 5.85. The van der Waals surface area contributed by atoms with Gasteiger partial charge in [-0.1, -0.05) is 13.8 Å². The summed E-state index contributed by atoms with van der Waals surface area (Å²) >= 11 is 0. The maximum Gasteiger partial charge on any atom is 0.123 e. The summed E-state index contributed by atoms with van der Waals surface area (Å²) in [7, 11) is 0. The average molecular weight is 289 g/mol. The van der Waals surface area contributed by atoms with Crippen molar-refractivity contribution in [1.82, 2.24) is 15.1 Å². The molecule has 0 spiro atoms. The first-order chi connectivity index (χ1) is 9.90. The molecule has 0 atom stereocenters. The van der Waals surface area contributed by atoms with Crippen LogP contribution in [0.5, 0.6) is 0 Å². The number of nitrogens with one attached hydrogen (secondary N) is 1. The summed E-state index contributed by atoms with van der Waals surface area (Å²) in [4.78, 5) is 0. The number of aromatic nitrogens is 2. The van der Waals surface area contributed by atoms with Crippen molar-refractivity contribution >= 4 is 0 Å². The summed E-state index contributed by atoms with van der Waals surface area (Å²) in [6.45, 7) is 11.2. The van der Waals surface area contributed by atoms with Crippen LogP contribution in [0.15, 0.2) is 18.2 Å². The van der Waals surface area contributed by atoms with Gasteiger partial charge in [0.15, 0.2) is 0 Å². The summed E-state index contributed by atoms with van der Waals surface area (Å²) in [5.41, 5.74) is 5.29. The molecule has 1 heterocycles. The Labute approximate surface area is 126 Å². The van der Waals surface area contributed by atoms with Gasteiger partial charge in [0.25, 0.3) is 0 Å². The van der Waals surface area contributed by atoms with Gasteiger partial charge in [0.2, 0.25) is 0 Å². The predicted octanol–water partition coefficient (Wildman–Crippen LogP) is 3.48. The summed E-state index contributed by atoms with van der Waals surface area (Å²) in [5, 5.41) is 8.06. The zero-order chi connectivity index (χ0) is 15.6. The van der Waals surface area contributed by atoms with Gasteiger partial charge < -0.3 is 5.32 Å². The van der Waals surface area contributed by atoms with Crippen molar-refractivity contribution in [2.45, 2.75) is 47.1 Å². The van der Waals surface area contributed by atoms with Gasteiger partial charge in [-0.15, -0.1) is 0 Å². The first-order valence-electron chi connectivity index (χ1n) is 7.45. The highest BCUT2D eigenvalue weighted by atomic mass is 19.1. The first-order valence-corrected chi connectivity index (χ1v) is 7.45. The molecule has 0 unspecified atom stereocenters. The molecule has 2 aromatic rings. The fourth-order valence-corrected chi connectivity index (χ4v) is 2.61. The molecule has 2 rings (SSSR count). The Morgan fingerprint density at radius 1 is 1.24 bits per heavy atom. The maximum absolute atomic E-state index is 13.3. The predicted molar refractivity (Wildman–Crippen MR) is 84.6 cm³/mol. The van der Waals surface area contributed by atoms with Crippen LogP contribution >= 0.6 is 0 Å². The molecule has 0 saturated heterocycles. The summed E-state index contributed by atoms with van der Waals surface area (Å²) < 4.78 is 15.2. The number of hydrogen-bond donors (Lipinski definition) is 1. The van der Waals surface area contributed by atoms with Gasteiger partial charge in [-0.2, -0.15) is 5.10 Å². The lowest BCUT2D eigenvalue weighted by Gasteiger charge is -2.10. The van der Waals surface area contributed by atoms with E-state index in [9.17, 15) is 4.39 Å². The van der Waals surface area contributed by atoms with Gasteiger partial charge in [0.05, 0.1) is 11.4 Å². The zero-order valence-corrected chi connectivity index (χ0v) is 13.5. The van der Waals surface area contributed by atoms with Crippen LogP contribution in [0.2, 0.25) is 0 Å².